The molecule has 1 saturated heterocycles. The molecule has 1 fully saturated rings. The number of nitrogens with zero attached hydrogens (tertiary/aromatic N) is 3. The van der Waals surface area contributed by atoms with Crippen molar-refractivity contribution in [2.24, 2.45) is 0 Å². The molecule has 0 spiro atoms. The molecule has 1 aliphatic heterocycles. The number of rotatable bonds is 3. The average molecular weight is 311 g/mol. The Morgan fingerprint density at radius 1 is 1.40 bits per heavy atom. The van der Waals surface area contributed by atoms with Gasteiger partial charge in [-0.25, -0.2) is 4.98 Å². The van der Waals surface area contributed by atoms with Gasteiger partial charge >= 0.3 is 0 Å². The quantitative estimate of drug-likeness (QED) is 0.945. The molecule has 3 rings (SSSR count). The lowest BCUT2D eigenvalue weighted by Crippen LogP contribution is -2.48. The fourth-order valence-electron chi connectivity index (χ4n) is 2.36. The van der Waals surface area contributed by atoms with Crippen LogP contribution in [0.1, 0.15) is 11.8 Å². The van der Waals surface area contributed by atoms with Crippen LogP contribution in [-0.4, -0.2) is 40.5 Å². The van der Waals surface area contributed by atoms with Crippen molar-refractivity contribution < 1.29 is 0 Å². The Labute approximate surface area is 129 Å². The van der Waals surface area contributed by atoms with E-state index in [0.29, 0.717) is 6.04 Å². The molecule has 0 unspecified atom stereocenters. The normalized spacial score (nSPS) is 19.6. The Kier molecular flexibility index (Phi) is 5.48. The lowest BCUT2D eigenvalue weighted by Gasteiger charge is -2.31. The summed E-state index contributed by atoms with van der Waals surface area (Å²) < 4.78 is 0. The molecule has 2 aromatic rings. The topological polar surface area (TPSA) is 41.1 Å². The van der Waals surface area contributed by atoms with Crippen molar-refractivity contribution in [2.75, 3.05) is 19.6 Å². The average Bonchev–Trinajstić information content (AvgIpc) is 2.88. The van der Waals surface area contributed by atoms with E-state index in [1.165, 1.54) is 4.88 Å². The zero-order chi connectivity index (χ0) is 13.1. The summed E-state index contributed by atoms with van der Waals surface area (Å²) in [6.07, 6.45) is 3.80. The van der Waals surface area contributed by atoms with Gasteiger partial charge in [-0.1, -0.05) is 6.07 Å². The van der Waals surface area contributed by atoms with Gasteiger partial charge in [0.05, 0.1) is 5.69 Å². The van der Waals surface area contributed by atoms with Crippen LogP contribution < -0.4 is 5.32 Å². The zero-order valence-electron chi connectivity index (χ0n) is 11.5. The van der Waals surface area contributed by atoms with Crippen molar-refractivity contribution >= 4 is 23.7 Å². The monoisotopic (exact) mass is 310 g/mol. The largest absolute Gasteiger partial charge is 0.312 e. The van der Waals surface area contributed by atoms with Crippen LogP contribution in [-0.2, 0) is 6.54 Å². The molecule has 1 aliphatic rings. The minimum absolute atomic E-state index is 0. The highest BCUT2D eigenvalue weighted by Gasteiger charge is 2.16. The van der Waals surface area contributed by atoms with Crippen LogP contribution in [0.4, 0.5) is 0 Å². The molecular formula is C14H19ClN4S. The van der Waals surface area contributed by atoms with Gasteiger partial charge in [-0.2, -0.15) is 0 Å². The van der Waals surface area contributed by atoms with E-state index in [0.717, 1.165) is 36.9 Å². The molecule has 108 valence electrons. The highest BCUT2D eigenvalue weighted by molar-refractivity contribution is 7.14. The summed E-state index contributed by atoms with van der Waals surface area (Å²) in [4.78, 5) is 12.6. The molecule has 4 nitrogen and oxygen atoms in total. The van der Waals surface area contributed by atoms with Crippen molar-refractivity contribution in [1.29, 1.82) is 0 Å². The molecule has 0 amide bonds. The van der Waals surface area contributed by atoms with Crippen molar-refractivity contribution in [2.45, 2.75) is 19.5 Å². The number of aromatic nitrogens is 2. The number of pyridine rings is 1. The lowest BCUT2D eigenvalue weighted by atomic mass is 10.2. The maximum atomic E-state index is 4.48. The van der Waals surface area contributed by atoms with E-state index in [9.17, 15) is 0 Å². The highest BCUT2D eigenvalue weighted by Crippen LogP contribution is 2.24. The van der Waals surface area contributed by atoms with E-state index in [4.69, 9.17) is 0 Å². The van der Waals surface area contributed by atoms with E-state index >= 15 is 0 Å². The molecule has 0 bridgehead atoms. The molecule has 6 heteroatoms. The third-order valence-electron chi connectivity index (χ3n) is 3.27. The lowest BCUT2D eigenvalue weighted by molar-refractivity contribution is 0.201. The van der Waals surface area contributed by atoms with Crippen LogP contribution in [0.5, 0.6) is 0 Å². The highest BCUT2D eigenvalue weighted by atomic mass is 35.5. The second-order valence-electron chi connectivity index (χ2n) is 4.94. The van der Waals surface area contributed by atoms with Gasteiger partial charge in [0.1, 0.15) is 5.01 Å². The number of piperazine rings is 1. The van der Waals surface area contributed by atoms with Gasteiger partial charge in [0.15, 0.2) is 0 Å². The second-order valence-corrected chi connectivity index (χ2v) is 6.05. The summed E-state index contributed by atoms with van der Waals surface area (Å²) in [5.74, 6) is 0. The smallest absolute Gasteiger partial charge is 0.142 e. The van der Waals surface area contributed by atoms with Crippen molar-refractivity contribution in [3.8, 4) is 10.7 Å². The Morgan fingerprint density at radius 3 is 3.05 bits per heavy atom. The Bertz CT molecular complexity index is 531. The molecule has 1 N–H and O–H groups in total. The summed E-state index contributed by atoms with van der Waals surface area (Å²) in [5, 5.41) is 4.48. The maximum Gasteiger partial charge on any atom is 0.142 e. The number of thiazole rings is 1. The minimum Gasteiger partial charge on any atom is -0.312 e. The Hall–Kier alpha value is -1.01. The van der Waals surface area contributed by atoms with Gasteiger partial charge in [0.25, 0.3) is 0 Å². The SMILES string of the molecule is C[C@H]1CN(Cc2cnc(-c3ccccn3)s2)CCN1.Cl. The molecular weight excluding hydrogens is 292 g/mol. The summed E-state index contributed by atoms with van der Waals surface area (Å²) in [5.41, 5.74) is 0.965. The van der Waals surface area contributed by atoms with Crippen LogP contribution >= 0.6 is 23.7 Å². The molecule has 0 radical (unpaired) electrons. The molecule has 0 aliphatic carbocycles. The van der Waals surface area contributed by atoms with E-state index in [1.54, 1.807) is 11.3 Å². The number of hydrogen-bond donors (Lipinski definition) is 1. The van der Waals surface area contributed by atoms with Crippen molar-refractivity contribution in [1.82, 2.24) is 20.2 Å². The molecule has 20 heavy (non-hydrogen) atoms. The predicted octanol–water partition coefficient (Wildman–Crippen LogP) is 2.42. The third-order valence-corrected chi connectivity index (χ3v) is 4.27. The Morgan fingerprint density at radius 2 is 2.30 bits per heavy atom. The van der Waals surface area contributed by atoms with Crippen molar-refractivity contribution in [3.05, 3.63) is 35.5 Å². The molecule has 3 heterocycles. The predicted molar refractivity (Wildman–Crippen MR) is 85.3 cm³/mol. The fraction of sp³-hybridized carbons (Fsp3) is 0.429. The van der Waals surface area contributed by atoms with E-state index in [-0.39, 0.29) is 12.4 Å². The zero-order valence-corrected chi connectivity index (χ0v) is 13.1. The minimum atomic E-state index is 0. The third kappa shape index (κ3) is 3.76. The van der Waals surface area contributed by atoms with Gasteiger partial charge in [-0.15, -0.1) is 23.7 Å². The Balaban J connectivity index is 0.00000147. The summed E-state index contributed by atoms with van der Waals surface area (Å²) in [7, 11) is 0. The van der Waals surface area contributed by atoms with Crippen LogP contribution in [0.15, 0.2) is 30.6 Å². The van der Waals surface area contributed by atoms with Crippen LogP contribution in [0.2, 0.25) is 0 Å². The van der Waals surface area contributed by atoms with Gasteiger partial charge in [0.2, 0.25) is 0 Å². The summed E-state index contributed by atoms with van der Waals surface area (Å²) in [6.45, 7) is 6.53. The van der Waals surface area contributed by atoms with E-state index in [1.807, 2.05) is 30.6 Å². The number of nitrogens with one attached hydrogen (secondary N) is 1. The number of hydrogen-bond acceptors (Lipinski definition) is 5. The van der Waals surface area contributed by atoms with Gasteiger partial charge in [0, 0.05) is 49.5 Å². The fourth-order valence-corrected chi connectivity index (χ4v) is 3.30. The van der Waals surface area contributed by atoms with Gasteiger partial charge in [-0.3, -0.25) is 9.88 Å². The molecule has 0 saturated carbocycles. The summed E-state index contributed by atoms with van der Waals surface area (Å²) in [6, 6.07) is 6.52. The molecule has 1 atom stereocenters. The molecule has 2 aromatic heterocycles. The first-order valence-corrected chi connectivity index (χ1v) is 7.45. The van der Waals surface area contributed by atoms with Crippen molar-refractivity contribution in [3.63, 3.8) is 0 Å². The van der Waals surface area contributed by atoms with Crippen LogP contribution in [0.25, 0.3) is 10.7 Å². The second kappa shape index (κ2) is 7.13. The number of halogens is 1. The first-order valence-electron chi connectivity index (χ1n) is 6.63. The van der Waals surface area contributed by atoms with Crippen LogP contribution in [0, 0.1) is 0 Å². The maximum absolute atomic E-state index is 4.48. The standard InChI is InChI=1S/C14H18N4S.ClH/c1-11-9-18(7-6-15-11)10-12-8-17-14(19-12)13-4-2-3-5-16-13;/h2-5,8,11,15H,6-7,9-10H2,1H3;1H/t11-;/m0./s1. The first-order chi connectivity index (χ1) is 9.31. The van der Waals surface area contributed by atoms with Crippen LogP contribution in [0.3, 0.4) is 0 Å². The van der Waals surface area contributed by atoms with Gasteiger partial charge < -0.3 is 5.32 Å². The van der Waals surface area contributed by atoms with Gasteiger partial charge in [-0.05, 0) is 19.1 Å². The van der Waals surface area contributed by atoms with E-state index in [2.05, 4.69) is 27.1 Å². The van der Waals surface area contributed by atoms with E-state index < -0.39 is 0 Å². The summed E-state index contributed by atoms with van der Waals surface area (Å²) >= 11 is 1.75. The molecule has 0 aromatic carbocycles. The first kappa shape index (κ1) is 15.4.